The van der Waals surface area contributed by atoms with E-state index >= 15 is 0 Å². The van der Waals surface area contributed by atoms with Gasteiger partial charge in [0.1, 0.15) is 5.75 Å². The van der Waals surface area contributed by atoms with Crippen molar-refractivity contribution in [3.63, 3.8) is 0 Å². The van der Waals surface area contributed by atoms with Crippen molar-refractivity contribution < 1.29 is 23.4 Å². The molecule has 7 nitrogen and oxygen atoms in total. The zero-order valence-electron chi connectivity index (χ0n) is 16.5. The quantitative estimate of drug-likeness (QED) is 0.430. The Kier molecular flexibility index (Phi) is 8.88. The van der Waals surface area contributed by atoms with Crippen LogP contribution in [-0.2, 0) is 11.3 Å². The van der Waals surface area contributed by atoms with Gasteiger partial charge < -0.3 is 25.2 Å². The van der Waals surface area contributed by atoms with Gasteiger partial charge in [0.2, 0.25) is 0 Å². The van der Waals surface area contributed by atoms with Crippen LogP contribution in [0.2, 0.25) is 0 Å². The molecule has 1 atom stereocenters. The van der Waals surface area contributed by atoms with Crippen LogP contribution in [0.3, 0.4) is 0 Å². The first-order valence-corrected chi connectivity index (χ1v) is 9.46. The zero-order valence-corrected chi connectivity index (χ0v) is 16.5. The molecule has 158 valence electrons. The van der Waals surface area contributed by atoms with Crippen LogP contribution in [0.1, 0.15) is 19.4 Å². The van der Waals surface area contributed by atoms with E-state index in [2.05, 4.69) is 25.3 Å². The summed E-state index contributed by atoms with van der Waals surface area (Å²) in [4.78, 5) is 6.63. The summed E-state index contributed by atoms with van der Waals surface area (Å²) in [5, 5.41) is 16.9. The van der Waals surface area contributed by atoms with Gasteiger partial charge in [-0.15, -0.1) is 0 Å². The van der Waals surface area contributed by atoms with Crippen molar-refractivity contribution in [2.45, 2.75) is 32.6 Å². The predicted molar refractivity (Wildman–Crippen MR) is 104 cm³/mol. The second kappa shape index (κ2) is 11.1. The summed E-state index contributed by atoms with van der Waals surface area (Å²) in [5.74, 6) is 0.652. The molecule has 1 heterocycles. The number of hydrogen-bond acceptors (Lipinski definition) is 5. The Bertz CT molecular complexity index is 623. The topological polar surface area (TPSA) is 78.4 Å². The summed E-state index contributed by atoms with van der Waals surface area (Å²) in [6, 6.07) is 6.45. The number of nitrogens with zero attached hydrogens (tertiary/aromatic N) is 2. The van der Waals surface area contributed by atoms with Crippen LogP contribution in [0, 0.1) is 0 Å². The summed E-state index contributed by atoms with van der Waals surface area (Å²) < 4.78 is 34.4. The molecule has 1 unspecified atom stereocenters. The third-order valence-electron chi connectivity index (χ3n) is 4.19. The van der Waals surface area contributed by atoms with Gasteiger partial charge >= 0.3 is 6.61 Å². The maximum absolute atomic E-state index is 12.3. The van der Waals surface area contributed by atoms with E-state index < -0.39 is 12.2 Å². The molecule has 1 saturated heterocycles. The van der Waals surface area contributed by atoms with Crippen LogP contribution >= 0.6 is 0 Å². The minimum Gasteiger partial charge on any atom is -0.435 e. The van der Waals surface area contributed by atoms with Gasteiger partial charge in [0.25, 0.3) is 0 Å². The summed E-state index contributed by atoms with van der Waals surface area (Å²) in [6.07, 6.45) is 0. The minimum absolute atomic E-state index is 0.106. The molecule has 28 heavy (non-hydrogen) atoms. The second-order valence-electron chi connectivity index (χ2n) is 6.96. The Labute approximate surface area is 164 Å². The first-order chi connectivity index (χ1) is 13.4. The smallest absolute Gasteiger partial charge is 0.387 e. The van der Waals surface area contributed by atoms with E-state index in [1.807, 2.05) is 6.92 Å². The van der Waals surface area contributed by atoms with E-state index in [1.54, 1.807) is 19.1 Å². The molecular formula is C19H30F2N4O3. The molecule has 1 aliphatic heterocycles. The van der Waals surface area contributed by atoms with E-state index in [1.165, 1.54) is 12.1 Å². The summed E-state index contributed by atoms with van der Waals surface area (Å²) >= 11 is 0. The number of hydrogen-bond donors (Lipinski definition) is 3. The molecule has 0 saturated carbocycles. The van der Waals surface area contributed by atoms with Crippen LogP contribution in [0.4, 0.5) is 8.78 Å². The molecule has 0 radical (unpaired) electrons. The third-order valence-corrected chi connectivity index (χ3v) is 4.19. The molecule has 1 aromatic carbocycles. The maximum atomic E-state index is 12.3. The average molecular weight is 400 g/mol. The van der Waals surface area contributed by atoms with Crippen LogP contribution in [0.25, 0.3) is 0 Å². The van der Waals surface area contributed by atoms with Gasteiger partial charge in [-0.25, -0.2) is 4.99 Å². The van der Waals surface area contributed by atoms with Gasteiger partial charge in [0, 0.05) is 32.7 Å². The summed E-state index contributed by atoms with van der Waals surface area (Å²) in [7, 11) is 0. The fourth-order valence-electron chi connectivity index (χ4n) is 2.90. The Hall–Kier alpha value is -1.97. The Morgan fingerprint density at radius 2 is 2.11 bits per heavy atom. The molecule has 2 rings (SSSR count). The van der Waals surface area contributed by atoms with Crippen molar-refractivity contribution in [1.29, 1.82) is 0 Å². The van der Waals surface area contributed by atoms with E-state index in [-0.39, 0.29) is 5.75 Å². The van der Waals surface area contributed by atoms with E-state index in [4.69, 9.17) is 4.74 Å². The molecular weight excluding hydrogens is 370 g/mol. The number of morpholine rings is 1. The van der Waals surface area contributed by atoms with Gasteiger partial charge in [-0.2, -0.15) is 8.78 Å². The monoisotopic (exact) mass is 400 g/mol. The molecule has 0 aromatic heterocycles. The van der Waals surface area contributed by atoms with Gasteiger partial charge in [-0.3, -0.25) is 4.90 Å². The first-order valence-electron chi connectivity index (χ1n) is 9.46. The Balaban J connectivity index is 1.90. The fraction of sp³-hybridized carbons (Fsp3) is 0.632. The number of aliphatic imine (C=N–C) groups is 1. The molecule has 0 spiro atoms. The molecule has 0 aliphatic carbocycles. The van der Waals surface area contributed by atoms with Gasteiger partial charge in [0.05, 0.1) is 25.4 Å². The number of ether oxygens (including phenoxy) is 2. The lowest BCUT2D eigenvalue weighted by Crippen LogP contribution is -2.52. The fourth-order valence-corrected chi connectivity index (χ4v) is 2.90. The molecule has 9 heteroatoms. The maximum Gasteiger partial charge on any atom is 0.387 e. The summed E-state index contributed by atoms with van der Waals surface area (Å²) in [6.45, 7) is 5.66. The lowest BCUT2D eigenvalue weighted by Gasteiger charge is -2.34. The van der Waals surface area contributed by atoms with Gasteiger partial charge in [-0.1, -0.05) is 12.1 Å². The highest BCUT2D eigenvalue weighted by Crippen LogP contribution is 2.16. The zero-order chi connectivity index (χ0) is 20.4. The average Bonchev–Trinajstić information content (AvgIpc) is 2.64. The standard InChI is InChI=1S/C19H30F2N4O3/c1-3-22-18(23-12-15-5-4-6-16(11-15)28-17(20)21)24-13-19(2,26)14-25-7-9-27-10-8-25/h4-6,11,17,26H,3,7-10,12-14H2,1-2H3,(H2,22,23,24). The first kappa shape index (κ1) is 22.3. The van der Waals surface area contributed by atoms with Crippen LogP contribution in [0.15, 0.2) is 29.3 Å². The van der Waals surface area contributed by atoms with Crippen molar-refractivity contribution in [2.75, 3.05) is 45.9 Å². The molecule has 1 fully saturated rings. The predicted octanol–water partition coefficient (Wildman–Crippen LogP) is 1.43. The van der Waals surface area contributed by atoms with Crippen molar-refractivity contribution in [3.05, 3.63) is 29.8 Å². The lowest BCUT2D eigenvalue weighted by molar-refractivity contribution is -0.0498. The molecule has 3 N–H and O–H groups in total. The Morgan fingerprint density at radius 1 is 1.36 bits per heavy atom. The van der Waals surface area contributed by atoms with Crippen molar-refractivity contribution in [1.82, 2.24) is 15.5 Å². The number of nitrogens with one attached hydrogen (secondary N) is 2. The lowest BCUT2D eigenvalue weighted by atomic mass is 10.1. The van der Waals surface area contributed by atoms with Crippen molar-refractivity contribution in [3.8, 4) is 5.75 Å². The second-order valence-corrected chi connectivity index (χ2v) is 6.96. The Morgan fingerprint density at radius 3 is 2.79 bits per heavy atom. The highest BCUT2D eigenvalue weighted by molar-refractivity contribution is 5.79. The molecule has 0 bridgehead atoms. The number of rotatable bonds is 9. The highest BCUT2D eigenvalue weighted by Gasteiger charge is 2.25. The van der Waals surface area contributed by atoms with Crippen LogP contribution in [0.5, 0.6) is 5.75 Å². The number of halogens is 2. The number of β-amino-alcohol motifs (C(OH)–C–C–N with tert-alkyl or cyclic N) is 1. The van der Waals surface area contributed by atoms with E-state index in [0.717, 1.165) is 18.7 Å². The molecule has 1 aliphatic rings. The molecule has 0 amide bonds. The summed E-state index contributed by atoms with van der Waals surface area (Å²) in [5.41, 5.74) is -0.186. The largest absolute Gasteiger partial charge is 0.435 e. The van der Waals surface area contributed by atoms with E-state index in [9.17, 15) is 13.9 Å². The molecule has 1 aromatic rings. The van der Waals surface area contributed by atoms with Crippen LogP contribution < -0.4 is 15.4 Å². The normalized spacial score (nSPS) is 18.0. The minimum atomic E-state index is -2.86. The van der Waals surface area contributed by atoms with Gasteiger partial charge in [0.15, 0.2) is 5.96 Å². The number of alkyl halides is 2. The van der Waals surface area contributed by atoms with Crippen molar-refractivity contribution >= 4 is 5.96 Å². The number of benzene rings is 1. The highest BCUT2D eigenvalue weighted by atomic mass is 19.3. The SMILES string of the molecule is CCNC(=NCc1cccc(OC(F)F)c1)NCC(C)(O)CN1CCOCC1. The number of guanidine groups is 1. The van der Waals surface area contributed by atoms with Gasteiger partial charge in [-0.05, 0) is 31.5 Å². The third kappa shape index (κ3) is 8.37. The van der Waals surface area contributed by atoms with E-state index in [0.29, 0.717) is 45.4 Å². The van der Waals surface area contributed by atoms with Crippen molar-refractivity contribution in [2.24, 2.45) is 4.99 Å². The number of aliphatic hydroxyl groups is 1. The van der Waals surface area contributed by atoms with Crippen LogP contribution in [-0.4, -0.2) is 74.1 Å².